The van der Waals surface area contributed by atoms with E-state index in [-0.39, 0.29) is 17.5 Å². The molecule has 0 aromatic rings. The van der Waals surface area contributed by atoms with E-state index in [1.807, 2.05) is 18.0 Å². The zero-order chi connectivity index (χ0) is 15.1. The van der Waals surface area contributed by atoms with Crippen LogP contribution < -0.4 is 11.1 Å². The second kappa shape index (κ2) is 8.65. The van der Waals surface area contributed by atoms with Gasteiger partial charge in [0.1, 0.15) is 0 Å². The van der Waals surface area contributed by atoms with Gasteiger partial charge in [-0.05, 0) is 31.3 Å². The minimum Gasteiger partial charge on any atom is -0.353 e. The van der Waals surface area contributed by atoms with E-state index in [0.29, 0.717) is 0 Å². The number of nitrogens with one attached hydrogen (secondary N) is 1. The number of rotatable bonds is 7. The van der Waals surface area contributed by atoms with E-state index < -0.39 is 0 Å². The van der Waals surface area contributed by atoms with Crippen LogP contribution in [0.4, 0.5) is 0 Å². The minimum atomic E-state index is -0.354. The molecule has 0 aromatic carbocycles. The van der Waals surface area contributed by atoms with Gasteiger partial charge in [0.25, 0.3) is 0 Å². The van der Waals surface area contributed by atoms with Crippen LogP contribution in [0.5, 0.6) is 0 Å². The molecule has 0 spiro atoms. The average Bonchev–Trinajstić information content (AvgIpc) is 3.01. The molecule has 1 saturated carbocycles. The first-order chi connectivity index (χ1) is 10.2. The van der Waals surface area contributed by atoms with E-state index in [0.717, 1.165) is 18.7 Å². The molecule has 0 radical (unpaired) electrons. The Hall–Kier alpha value is 0.0900. The Morgan fingerprint density at radius 1 is 1.38 bits per heavy atom. The van der Waals surface area contributed by atoms with E-state index >= 15 is 0 Å². The van der Waals surface area contributed by atoms with Gasteiger partial charge in [-0.3, -0.25) is 9.69 Å². The molecule has 2 fully saturated rings. The van der Waals surface area contributed by atoms with Gasteiger partial charge in [0, 0.05) is 36.7 Å². The molecule has 122 valence electrons. The van der Waals surface area contributed by atoms with Crippen molar-refractivity contribution in [2.75, 3.05) is 43.1 Å². The summed E-state index contributed by atoms with van der Waals surface area (Å²) in [4.78, 5) is 14.8. The fourth-order valence-corrected chi connectivity index (χ4v) is 4.83. The molecule has 1 heterocycles. The Morgan fingerprint density at radius 2 is 2.05 bits per heavy atom. The van der Waals surface area contributed by atoms with Gasteiger partial charge in [-0.2, -0.15) is 23.5 Å². The van der Waals surface area contributed by atoms with Crippen LogP contribution in [0.3, 0.4) is 0 Å². The summed E-state index contributed by atoms with van der Waals surface area (Å²) in [5, 5.41) is 3.15. The molecule has 4 nitrogen and oxygen atoms in total. The van der Waals surface area contributed by atoms with Gasteiger partial charge in [-0.1, -0.05) is 12.8 Å². The first kappa shape index (κ1) is 17.4. The van der Waals surface area contributed by atoms with Crippen LogP contribution in [-0.2, 0) is 4.79 Å². The lowest BCUT2D eigenvalue weighted by Crippen LogP contribution is -2.57. The van der Waals surface area contributed by atoms with Gasteiger partial charge < -0.3 is 11.1 Å². The molecule has 2 rings (SSSR count). The number of hydrogen-bond donors (Lipinski definition) is 2. The Bertz CT molecular complexity index is 329. The molecule has 1 aliphatic heterocycles. The summed E-state index contributed by atoms with van der Waals surface area (Å²) >= 11 is 3.79. The van der Waals surface area contributed by atoms with Crippen molar-refractivity contribution >= 4 is 29.4 Å². The third-order valence-corrected chi connectivity index (χ3v) is 6.36. The quantitative estimate of drug-likeness (QED) is 0.741. The second-order valence-corrected chi connectivity index (χ2v) is 8.35. The SMILES string of the molecule is CSCC[C@H](N)C(=O)NCC1(N2CCSCC2)CCCC1. The third-order valence-electron chi connectivity index (χ3n) is 4.78. The molecule has 0 aromatic heterocycles. The van der Waals surface area contributed by atoms with E-state index in [1.165, 1.54) is 50.3 Å². The number of thioether (sulfide) groups is 2. The fourth-order valence-electron chi connectivity index (χ4n) is 3.43. The third kappa shape index (κ3) is 4.78. The lowest BCUT2D eigenvalue weighted by molar-refractivity contribution is -0.123. The summed E-state index contributed by atoms with van der Waals surface area (Å²) in [6.07, 6.45) is 7.83. The Morgan fingerprint density at radius 3 is 2.67 bits per heavy atom. The Balaban J connectivity index is 1.86. The maximum atomic E-state index is 12.2. The van der Waals surface area contributed by atoms with E-state index in [1.54, 1.807) is 11.8 Å². The highest BCUT2D eigenvalue weighted by atomic mass is 32.2. The zero-order valence-corrected chi connectivity index (χ0v) is 14.7. The van der Waals surface area contributed by atoms with Gasteiger partial charge in [0.05, 0.1) is 6.04 Å². The topological polar surface area (TPSA) is 58.4 Å². The molecular formula is C15H29N3OS2. The number of carbonyl (C=O) groups excluding carboxylic acids is 1. The van der Waals surface area contributed by atoms with Crippen molar-refractivity contribution in [1.82, 2.24) is 10.2 Å². The molecule has 1 atom stereocenters. The Kier molecular flexibility index (Phi) is 7.19. The molecule has 0 unspecified atom stereocenters. The highest BCUT2D eigenvalue weighted by Crippen LogP contribution is 2.36. The van der Waals surface area contributed by atoms with Crippen molar-refractivity contribution in [1.29, 1.82) is 0 Å². The van der Waals surface area contributed by atoms with Crippen LogP contribution in [0, 0.1) is 0 Å². The number of carbonyl (C=O) groups is 1. The summed E-state index contributed by atoms with van der Waals surface area (Å²) in [5.41, 5.74) is 6.17. The molecule has 3 N–H and O–H groups in total. The number of nitrogens with zero attached hydrogens (tertiary/aromatic N) is 1. The Labute approximate surface area is 137 Å². The predicted octanol–water partition coefficient (Wildman–Crippen LogP) is 1.54. The molecule has 1 amide bonds. The van der Waals surface area contributed by atoms with Crippen LogP contribution in [-0.4, -0.2) is 65.5 Å². The summed E-state index contributed by atoms with van der Waals surface area (Å²) < 4.78 is 0. The number of nitrogens with two attached hydrogens (primary N) is 1. The van der Waals surface area contributed by atoms with Gasteiger partial charge in [0.2, 0.25) is 5.91 Å². The fraction of sp³-hybridized carbons (Fsp3) is 0.933. The molecular weight excluding hydrogens is 302 g/mol. The number of hydrogen-bond acceptors (Lipinski definition) is 5. The van der Waals surface area contributed by atoms with Gasteiger partial charge in [-0.25, -0.2) is 0 Å². The average molecular weight is 332 g/mol. The van der Waals surface area contributed by atoms with Crippen LogP contribution in [0.25, 0.3) is 0 Å². The first-order valence-electron chi connectivity index (χ1n) is 8.03. The van der Waals surface area contributed by atoms with Crippen molar-refractivity contribution in [3.63, 3.8) is 0 Å². The highest BCUT2D eigenvalue weighted by molar-refractivity contribution is 7.99. The largest absolute Gasteiger partial charge is 0.353 e. The first-order valence-corrected chi connectivity index (χ1v) is 10.6. The van der Waals surface area contributed by atoms with Crippen molar-refractivity contribution in [2.45, 2.75) is 43.7 Å². The van der Waals surface area contributed by atoms with Gasteiger partial charge in [-0.15, -0.1) is 0 Å². The number of amides is 1. The molecule has 21 heavy (non-hydrogen) atoms. The van der Waals surface area contributed by atoms with Gasteiger partial charge >= 0.3 is 0 Å². The van der Waals surface area contributed by atoms with Crippen LogP contribution in [0.15, 0.2) is 0 Å². The molecule has 0 bridgehead atoms. The molecule has 1 saturated heterocycles. The maximum Gasteiger partial charge on any atom is 0.237 e. The standard InChI is InChI=1S/C15H29N3OS2/c1-20-9-4-13(16)14(19)17-12-15(5-2-3-6-15)18-7-10-21-11-8-18/h13H,2-12,16H2,1H3,(H,17,19)/t13-/m0/s1. The second-order valence-electron chi connectivity index (χ2n) is 6.14. The van der Waals surface area contributed by atoms with Crippen molar-refractivity contribution < 1.29 is 4.79 Å². The summed E-state index contributed by atoms with van der Waals surface area (Å²) in [6, 6.07) is -0.354. The van der Waals surface area contributed by atoms with Crippen molar-refractivity contribution in [3.05, 3.63) is 0 Å². The van der Waals surface area contributed by atoms with Gasteiger partial charge in [0.15, 0.2) is 0 Å². The molecule has 6 heteroatoms. The molecule has 1 aliphatic carbocycles. The smallest absolute Gasteiger partial charge is 0.237 e. The predicted molar refractivity (Wildman–Crippen MR) is 94.1 cm³/mol. The van der Waals surface area contributed by atoms with E-state index in [2.05, 4.69) is 10.2 Å². The molecule has 2 aliphatic rings. The van der Waals surface area contributed by atoms with E-state index in [9.17, 15) is 4.79 Å². The summed E-state index contributed by atoms with van der Waals surface area (Å²) in [6.45, 7) is 3.11. The normalized spacial score (nSPS) is 23.9. The van der Waals surface area contributed by atoms with Crippen LogP contribution >= 0.6 is 23.5 Å². The van der Waals surface area contributed by atoms with E-state index in [4.69, 9.17) is 5.73 Å². The van der Waals surface area contributed by atoms with Crippen molar-refractivity contribution in [3.8, 4) is 0 Å². The lowest BCUT2D eigenvalue weighted by atomic mass is 9.94. The minimum absolute atomic E-state index is 0.0294. The highest BCUT2D eigenvalue weighted by Gasteiger charge is 2.40. The van der Waals surface area contributed by atoms with Crippen LogP contribution in [0.2, 0.25) is 0 Å². The monoisotopic (exact) mass is 331 g/mol. The zero-order valence-electron chi connectivity index (χ0n) is 13.1. The maximum absolute atomic E-state index is 12.2. The summed E-state index contributed by atoms with van der Waals surface area (Å²) in [5.74, 6) is 3.43. The lowest BCUT2D eigenvalue weighted by Gasteiger charge is -2.43. The summed E-state index contributed by atoms with van der Waals surface area (Å²) in [7, 11) is 0. The van der Waals surface area contributed by atoms with Crippen molar-refractivity contribution in [2.24, 2.45) is 5.73 Å². The van der Waals surface area contributed by atoms with Crippen LogP contribution in [0.1, 0.15) is 32.1 Å².